The summed E-state index contributed by atoms with van der Waals surface area (Å²) in [6.07, 6.45) is -3.20. The van der Waals surface area contributed by atoms with Crippen molar-refractivity contribution in [3.63, 3.8) is 0 Å². The van der Waals surface area contributed by atoms with Crippen molar-refractivity contribution in [1.29, 1.82) is 0 Å². The highest BCUT2D eigenvalue weighted by Gasteiger charge is 2.34. The summed E-state index contributed by atoms with van der Waals surface area (Å²) in [6.45, 7) is -3.42. The number of imide groups is 1. The first-order chi connectivity index (χ1) is 10.1. The molecule has 88 valence electrons. The van der Waals surface area contributed by atoms with Crippen LogP contribution in [-0.4, -0.2) is 29.0 Å². The van der Waals surface area contributed by atoms with E-state index in [2.05, 4.69) is 0 Å². The Morgan fingerprint density at radius 2 is 1.88 bits per heavy atom. The molecule has 2 amide bonds. The number of nitrogens with zero attached hydrogens (tertiary/aromatic N) is 1. The second-order valence-electron chi connectivity index (χ2n) is 3.56. The number of Topliss-reactive ketones (excluding diaryl/α,β-unsaturated/α-hetero) is 1. The molecule has 17 heavy (non-hydrogen) atoms. The van der Waals surface area contributed by atoms with Crippen molar-refractivity contribution in [3.05, 3.63) is 35.4 Å². The van der Waals surface area contributed by atoms with E-state index in [-0.39, 0.29) is 17.7 Å². The number of hydrogen-bond donors (Lipinski definition) is 0. The van der Waals surface area contributed by atoms with Gasteiger partial charge in [-0.25, -0.2) is 0 Å². The van der Waals surface area contributed by atoms with Gasteiger partial charge in [0.1, 0.15) is 5.78 Å². The summed E-state index contributed by atoms with van der Waals surface area (Å²) in [5.74, 6) is -2.67. The van der Waals surface area contributed by atoms with Gasteiger partial charge in [0.25, 0.3) is 11.8 Å². The third-order valence-electron chi connectivity index (χ3n) is 2.50. The molecular weight excluding hydrogens is 218 g/mol. The Labute approximate surface area is 106 Å². The third-order valence-corrected chi connectivity index (χ3v) is 2.50. The van der Waals surface area contributed by atoms with Crippen LogP contribution in [0.1, 0.15) is 47.2 Å². The van der Waals surface area contributed by atoms with Crippen LogP contribution < -0.4 is 0 Å². The molecule has 0 N–H and O–H groups in total. The fourth-order valence-electron chi connectivity index (χ4n) is 1.72. The number of rotatable bonds is 4. The van der Waals surface area contributed by atoms with Crippen molar-refractivity contribution in [2.24, 2.45) is 0 Å². The number of hydrogen-bond acceptors (Lipinski definition) is 3. The first-order valence-corrected chi connectivity index (χ1v) is 5.06. The average molecular weight is 236 g/mol. The summed E-state index contributed by atoms with van der Waals surface area (Å²) in [5.41, 5.74) is 0.436. The SMILES string of the molecule is [2H]C([2H])([2H])C(=O)C([2H])([2H])CCN1C(=O)c2ccccc2C1=O. The lowest BCUT2D eigenvalue weighted by atomic mass is 10.1. The molecule has 1 aromatic rings. The summed E-state index contributed by atoms with van der Waals surface area (Å²) in [5, 5.41) is 0. The molecule has 0 atom stereocenters. The summed E-state index contributed by atoms with van der Waals surface area (Å²) in [4.78, 5) is 36.5. The van der Waals surface area contributed by atoms with Crippen molar-refractivity contribution in [3.8, 4) is 0 Å². The van der Waals surface area contributed by atoms with E-state index in [4.69, 9.17) is 6.85 Å². The van der Waals surface area contributed by atoms with E-state index in [1.807, 2.05) is 0 Å². The van der Waals surface area contributed by atoms with Crippen LogP contribution >= 0.6 is 0 Å². The lowest BCUT2D eigenvalue weighted by Crippen LogP contribution is -2.30. The van der Waals surface area contributed by atoms with E-state index in [0.717, 1.165) is 4.90 Å². The van der Waals surface area contributed by atoms with E-state index in [9.17, 15) is 14.4 Å². The minimum Gasteiger partial charge on any atom is -0.300 e. The maximum atomic E-state index is 12.1. The van der Waals surface area contributed by atoms with Crippen LogP contribution in [0.4, 0.5) is 0 Å². The van der Waals surface area contributed by atoms with E-state index in [1.165, 1.54) is 12.1 Å². The Balaban J connectivity index is 2.12. The summed E-state index contributed by atoms with van der Waals surface area (Å²) in [7, 11) is 0. The second kappa shape index (κ2) is 4.49. The number of benzene rings is 1. The zero-order valence-electron chi connectivity index (χ0n) is 13.9. The summed E-state index contributed by atoms with van der Waals surface area (Å²) >= 11 is 0. The minimum absolute atomic E-state index is 0.218. The molecule has 0 aliphatic carbocycles. The zero-order valence-corrected chi connectivity index (χ0v) is 8.90. The molecule has 4 nitrogen and oxygen atoms in total. The van der Waals surface area contributed by atoms with E-state index in [1.54, 1.807) is 12.1 Å². The first kappa shape index (κ1) is 6.69. The van der Waals surface area contributed by atoms with Gasteiger partial charge < -0.3 is 4.79 Å². The molecule has 2 rings (SSSR count). The molecular formula is C13H13NO3. The molecule has 1 aromatic carbocycles. The van der Waals surface area contributed by atoms with Crippen LogP contribution in [-0.2, 0) is 4.79 Å². The molecule has 1 aliphatic rings. The molecule has 0 unspecified atom stereocenters. The Bertz CT molecular complexity index is 618. The highest BCUT2D eigenvalue weighted by Crippen LogP contribution is 2.22. The third kappa shape index (κ3) is 2.11. The predicted molar refractivity (Wildman–Crippen MR) is 61.7 cm³/mol. The van der Waals surface area contributed by atoms with Crippen LogP contribution in [0.3, 0.4) is 0 Å². The molecule has 0 bridgehead atoms. The molecule has 0 spiro atoms. The molecule has 0 saturated carbocycles. The van der Waals surface area contributed by atoms with Gasteiger partial charge >= 0.3 is 0 Å². The van der Waals surface area contributed by atoms with Crippen LogP contribution in [0.25, 0.3) is 0 Å². The maximum Gasteiger partial charge on any atom is 0.261 e. The standard InChI is InChI=1S/C13H13NO3/c1-9(15)5-4-8-14-12(16)10-6-2-3-7-11(10)13(14)17/h2-3,6-7H,4-5,8H2,1H3/i1D3,5D2. The lowest BCUT2D eigenvalue weighted by Gasteiger charge is -2.12. The van der Waals surface area contributed by atoms with Gasteiger partial charge in [-0.3, -0.25) is 14.5 Å². The quantitative estimate of drug-likeness (QED) is 0.747. The molecule has 0 radical (unpaired) electrons. The van der Waals surface area contributed by atoms with Crippen LogP contribution in [0, 0.1) is 0 Å². The Hall–Kier alpha value is -1.97. The van der Waals surface area contributed by atoms with Crippen molar-refractivity contribution < 1.29 is 21.2 Å². The second-order valence-corrected chi connectivity index (χ2v) is 3.56. The largest absolute Gasteiger partial charge is 0.300 e. The predicted octanol–water partition coefficient (Wildman–Crippen LogP) is 1.65. The summed E-state index contributed by atoms with van der Waals surface area (Å²) in [6, 6.07) is 6.17. The van der Waals surface area contributed by atoms with Crippen LogP contribution in [0.15, 0.2) is 24.3 Å². The minimum atomic E-state index is -3.06. The molecule has 0 aromatic heterocycles. The highest BCUT2D eigenvalue weighted by atomic mass is 16.2. The smallest absolute Gasteiger partial charge is 0.261 e. The first-order valence-electron chi connectivity index (χ1n) is 7.56. The van der Waals surface area contributed by atoms with Gasteiger partial charge in [0.2, 0.25) is 0 Å². The van der Waals surface area contributed by atoms with E-state index in [0.29, 0.717) is 0 Å². The molecule has 0 saturated heterocycles. The number of fused-ring (bicyclic) bond motifs is 1. The fourth-order valence-corrected chi connectivity index (χ4v) is 1.72. The van der Waals surface area contributed by atoms with Gasteiger partial charge in [0, 0.05) is 19.8 Å². The topological polar surface area (TPSA) is 54.5 Å². The van der Waals surface area contributed by atoms with Crippen molar-refractivity contribution >= 4 is 17.6 Å². The van der Waals surface area contributed by atoms with Crippen LogP contribution in [0.5, 0.6) is 0 Å². The maximum absolute atomic E-state index is 12.1. The van der Waals surface area contributed by atoms with Crippen molar-refractivity contribution in [2.45, 2.75) is 19.6 Å². The van der Waals surface area contributed by atoms with Crippen molar-refractivity contribution in [2.75, 3.05) is 6.54 Å². The van der Waals surface area contributed by atoms with Gasteiger partial charge in [-0.15, -0.1) is 0 Å². The monoisotopic (exact) mass is 236 g/mol. The van der Waals surface area contributed by atoms with Gasteiger partial charge in [-0.1, -0.05) is 12.1 Å². The molecule has 4 heteroatoms. The number of amides is 2. The molecule has 0 fully saturated rings. The van der Waals surface area contributed by atoms with E-state index >= 15 is 0 Å². The summed E-state index contributed by atoms with van der Waals surface area (Å²) < 4.78 is 36.0. The fraction of sp³-hybridized carbons (Fsp3) is 0.308. The molecule has 1 aliphatic heterocycles. The number of carbonyl (C=O) groups excluding carboxylic acids is 3. The van der Waals surface area contributed by atoms with Crippen molar-refractivity contribution in [1.82, 2.24) is 4.90 Å². The zero-order chi connectivity index (χ0) is 16.7. The Morgan fingerprint density at radius 3 is 2.41 bits per heavy atom. The van der Waals surface area contributed by atoms with E-state index < -0.39 is 37.2 Å². The van der Waals surface area contributed by atoms with Gasteiger partial charge in [0.05, 0.1) is 11.1 Å². The Morgan fingerprint density at radius 1 is 1.29 bits per heavy atom. The number of carbonyl (C=O) groups is 3. The van der Waals surface area contributed by atoms with Gasteiger partial charge in [-0.05, 0) is 25.4 Å². The van der Waals surface area contributed by atoms with Gasteiger partial charge in [0.15, 0.2) is 0 Å². The number of ketones is 1. The van der Waals surface area contributed by atoms with Gasteiger partial charge in [-0.2, -0.15) is 0 Å². The molecule has 1 heterocycles. The average Bonchev–Trinajstić information content (AvgIpc) is 2.68. The lowest BCUT2D eigenvalue weighted by molar-refractivity contribution is -0.117. The normalized spacial score (nSPS) is 20.0. The van der Waals surface area contributed by atoms with Crippen LogP contribution in [0.2, 0.25) is 0 Å². The Kier molecular flexibility index (Phi) is 1.77. The highest BCUT2D eigenvalue weighted by molar-refractivity contribution is 6.21.